The third kappa shape index (κ3) is 7.00. The lowest BCUT2D eigenvalue weighted by Gasteiger charge is -2.18. The van der Waals surface area contributed by atoms with Crippen molar-refractivity contribution >= 4 is 11.8 Å². The van der Waals surface area contributed by atoms with Crippen molar-refractivity contribution in [3.05, 3.63) is 12.7 Å². The van der Waals surface area contributed by atoms with Gasteiger partial charge in [0.15, 0.2) is 0 Å². The van der Waals surface area contributed by atoms with E-state index in [9.17, 15) is 9.59 Å². The van der Waals surface area contributed by atoms with Crippen LogP contribution in [-0.4, -0.2) is 50.1 Å². The van der Waals surface area contributed by atoms with Crippen LogP contribution in [0.4, 0.5) is 0 Å². The maximum atomic E-state index is 11.4. The van der Waals surface area contributed by atoms with E-state index in [0.29, 0.717) is 19.7 Å². The Morgan fingerprint density at radius 1 is 1.50 bits per heavy atom. The summed E-state index contributed by atoms with van der Waals surface area (Å²) in [6, 6.07) is 0. The predicted molar refractivity (Wildman–Crippen MR) is 62.0 cm³/mol. The molecule has 0 saturated carbocycles. The van der Waals surface area contributed by atoms with Gasteiger partial charge in [-0.05, 0) is 6.42 Å². The van der Waals surface area contributed by atoms with Gasteiger partial charge in [0.25, 0.3) is 0 Å². The van der Waals surface area contributed by atoms with E-state index in [4.69, 9.17) is 4.74 Å². The van der Waals surface area contributed by atoms with Crippen molar-refractivity contribution in [2.45, 2.75) is 13.3 Å². The van der Waals surface area contributed by atoms with Gasteiger partial charge in [0, 0.05) is 33.7 Å². The fourth-order valence-corrected chi connectivity index (χ4v) is 1.13. The number of methoxy groups -OCH3 is 1. The zero-order chi connectivity index (χ0) is 12.4. The third-order valence-corrected chi connectivity index (χ3v) is 1.98. The van der Waals surface area contributed by atoms with Gasteiger partial charge < -0.3 is 15.0 Å². The first-order valence-electron chi connectivity index (χ1n) is 5.23. The van der Waals surface area contributed by atoms with E-state index in [1.54, 1.807) is 13.2 Å². The van der Waals surface area contributed by atoms with Crippen molar-refractivity contribution in [2.75, 3.05) is 33.4 Å². The second kappa shape index (κ2) is 8.91. The minimum Gasteiger partial charge on any atom is -0.385 e. The molecule has 0 atom stereocenters. The molecule has 0 aromatic rings. The standard InChI is InChI=1S/C11H20N2O3/c1-4-7-13(10(2)14)9-11(15)12-6-5-8-16-3/h4H,1,5-9H2,2-3H3,(H,12,15). The summed E-state index contributed by atoms with van der Waals surface area (Å²) in [5.41, 5.74) is 0. The van der Waals surface area contributed by atoms with E-state index in [0.717, 1.165) is 6.42 Å². The van der Waals surface area contributed by atoms with E-state index >= 15 is 0 Å². The Hall–Kier alpha value is -1.36. The van der Waals surface area contributed by atoms with Gasteiger partial charge in [-0.2, -0.15) is 0 Å². The monoisotopic (exact) mass is 228 g/mol. The largest absolute Gasteiger partial charge is 0.385 e. The SMILES string of the molecule is C=CCN(CC(=O)NCCCOC)C(C)=O. The number of hydrogen-bond donors (Lipinski definition) is 1. The van der Waals surface area contributed by atoms with Gasteiger partial charge in [0.1, 0.15) is 0 Å². The summed E-state index contributed by atoms with van der Waals surface area (Å²) in [7, 11) is 1.61. The lowest BCUT2D eigenvalue weighted by molar-refractivity contribution is -0.133. The number of carbonyl (C=O) groups is 2. The minimum absolute atomic E-state index is 0.0777. The lowest BCUT2D eigenvalue weighted by Crippen LogP contribution is -2.40. The molecule has 0 aromatic carbocycles. The normalized spacial score (nSPS) is 9.62. The quantitative estimate of drug-likeness (QED) is 0.476. The highest BCUT2D eigenvalue weighted by Crippen LogP contribution is 1.90. The Labute approximate surface area is 96.4 Å². The van der Waals surface area contributed by atoms with E-state index in [1.165, 1.54) is 11.8 Å². The molecule has 0 saturated heterocycles. The zero-order valence-electron chi connectivity index (χ0n) is 9.99. The summed E-state index contributed by atoms with van der Waals surface area (Å²) in [5.74, 6) is -0.292. The highest BCUT2D eigenvalue weighted by molar-refractivity contribution is 5.83. The van der Waals surface area contributed by atoms with Crippen LogP contribution < -0.4 is 5.32 Å². The second-order valence-electron chi connectivity index (χ2n) is 3.38. The molecule has 0 fully saturated rings. The van der Waals surface area contributed by atoms with Gasteiger partial charge in [0.2, 0.25) is 11.8 Å². The Morgan fingerprint density at radius 3 is 2.69 bits per heavy atom. The Morgan fingerprint density at radius 2 is 2.19 bits per heavy atom. The number of carbonyl (C=O) groups excluding carboxylic acids is 2. The van der Waals surface area contributed by atoms with Gasteiger partial charge in [-0.3, -0.25) is 9.59 Å². The van der Waals surface area contributed by atoms with Crippen LogP contribution in [0.25, 0.3) is 0 Å². The smallest absolute Gasteiger partial charge is 0.239 e. The number of nitrogens with one attached hydrogen (secondary N) is 1. The molecule has 0 spiro atoms. The zero-order valence-corrected chi connectivity index (χ0v) is 9.99. The molecule has 1 N–H and O–H groups in total. The molecule has 0 aromatic heterocycles. The molecular weight excluding hydrogens is 208 g/mol. The van der Waals surface area contributed by atoms with Crippen molar-refractivity contribution in [3.8, 4) is 0 Å². The lowest BCUT2D eigenvalue weighted by atomic mass is 10.4. The molecule has 5 nitrogen and oxygen atoms in total. The highest BCUT2D eigenvalue weighted by atomic mass is 16.5. The molecule has 0 heterocycles. The van der Waals surface area contributed by atoms with Crippen molar-refractivity contribution in [2.24, 2.45) is 0 Å². The molecule has 2 amide bonds. The van der Waals surface area contributed by atoms with Crippen molar-refractivity contribution in [1.82, 2.24) is 10.2 Å². The van der Waals surface area contributed by atoms with Crippen molar-refractivity contribution in [1.29, 1.82) is 0 Å². The van der Waals surface area contributed by atoms with Gasteiger partial charge >= 0.3 is 0 Å². The number of hydrogen-bond acceptors (Lipinski definition) is 3. The molecule has 0 unspecified atom stereocenters. The van der Waals surface area contributed by atoms with Crippen molar-refractivity contribution in [3.63, 3.8) is 0 Å². The van der Waals surface area contributed by atoms with Crippen LogP contribution in [0.3, 0.4) is 0 Å². The molecule has 0 aliphatic carbocycles. The molecule has 92 valence electrons. The molecule has 0 aliphatic rings. The first kappa shape index (κ1) is 14.6. The molecule has 5 heteroatoms. The summed E-state index contributed by atoms with van der Waals surface area (Å²) in [6.45, 7) is 6.61. The predicted octanol–water partition coefficient (Wildman–Crippen LogP) is 0.174. The topological polar surface area (TPSA) is 58.6 Å². The fourth-order valence-electron chi connectivity index (χ4n) is 1.13. The Bertz CT molecular complexity index is 241. The van der Waals surface area contributed by atoms with Crippen LogP contribution in [0.5, 0.6) is 0 Å². The Balaban J connectivity index is 3.81. The number of ether oxygens (including phenoxy) is 1. The fraction of sp³-hybridized carbons (Fsp3) is 0.636. The van der Waals surface area contributed by atoms with Gasteiger partial charge in [-0.25, -0.2) is 0 Å². The number of rotatable bonds is 8. The Kier molecular flexibility index (Phi) is 8.15. The summed E-state index contributed by atoms with van der Waals surface area (Å²) >= 11 is 0. The maximum absolute atomic E-state index is 11.4. The van der Waals surface area contributed by atoms with Crippen LogP contribution in [0.2, 0.25) is 0 Å². The second-order valence-corrected chi connectivity index (χ2v) is 3.38. The van der Waals surface area contributed by atoms with Gasteiger partial charge in [-0.1, -0.05) is 6.08 Å². The summed E-state index contributed by atoms with van der Waals surface area (Å²) in [5, 5.41) is 2.71. The molecule has 0 radical (unpaired) electrons. The molecular formula is C11H20N2O3. The van der Waals surface area contributed by atoms with Crippen LogP contribution in [-0.2, 0) is 14.3 Å². The van der Waals surface area contributed by atoms with E-state index < -0.39 is 0 Å². The summed E-state index contributed by atoms with van der Waals surface area (Å²) in [6.07, 6.45) is 2.36. The molecule has 0 bridgehead atoms. The van der Waals surface area contributed by atoms with Crippen molar-refractivity contribution < 1.29 is 14.3 Å². The van der Waals surface area contributed by atoms with Gasteiger partial charge in [0.05, 0.1) is 6.54 Å². The van der Waals surface area contributed by atoms with E-state index in [2.05, 4.69) is 11.9 Å². The van der Waals surface area contributed by atoms with Gasteiger partial charge in [-0.15, -0.1) is 6.58 Å². The maximum Gasteiger partial charge on any atom is 0.239 e. The summed E-state index contributed by atoms with van der Waals surface area (Å²) in [4.78, 5) is 24.0. The number of amides is 2. The highest BCUT2D eigenvalue weighted by Gasteiger charge is 2.11. The van der Waals surface area contributed by atoms with Crippen LogP contribution in [0, 0.1) is 0 Å². The van der Waals surface area contributed by atoms with Crippen LogP contribution in [0.15, 0.2) is 12.7 Å². The van der Waals surface area contributed by atoms with Crippen LogP contribution in [0.1, 0.15) is 13.3 Å². The summed E-state index contributed by atoms with van der Waals surface area (Å²) < 4.78 is 4.85. The van der Waals surface area contributed by atoms with E-state index in [1.807, 2.05) is 0 Å². The van der Waals surface area contributed by atoms with E-state index in [-0.39, 0.29) is 18.4 Å². The molecule has 16 heavy (non-hydrogen) atoms. The third-order valence-electron chi connectivity index (χ3n) is 1.98. The first-order valence-corrected chi connectivity index (χ1v) is 5.23. The molecule has 0 rings (SSSR count). The average molecular weight is 228 g/mol. The first-order chi connectivity index (χ1) is 7.61. The van der Waals surface area contributed by atoms with Crippen LogP contribution >= 0.6 is 0 Å². The average Bonchev–Trinajstić information content (AvgIpc) is 2.23. The minimum atomic E-state index is -0.159. The number of nitrogens with zero attached hydrogens (tertiary/aromatic N) is 1. The molecule has 0 aliphatic heterocycles.